The van der Waals surface area contributed by atoms with Crippen molar-refractivity contribution in [2.24, 2.45) is 0 Å². The van der Waals surface area contributed by atoms with E-state index in [1.807, 2.05) is 12.1 Å². The molecule has 1 aliphatic rings. The summed E-state index contributed by atoms with van der Waals surface area (Å²) in [5.74, 6) is -0.370. The van der Waals surface area contributed by atoms with E-state index in [0.29, 0.717) is 18.7 Å². The molecule has 0 aliphatic carbocycles. The number of aromatic nitrogens is 1. The monoisotopic (exact) mass is 439 g/mol. The van der Waals surface area contributed by atoms with Gasteiger partial charge in [-0.05, 0) is 35.9 Å². The van der Waals surface area contributed by atoms with Crippen molar-refractivity contribution in [2.45, 2.75) is 23.3 Å². The van der Waals surface area contributed by atoms with E-state index in [-0.39, 0.29) is 16.5 Å². The topological polar surface area (TPSA) is 100 Å². The van der Waals surface area contributed by atoms with Crippen LogP contribution in [0.4, 0.5) is 0 Å². The van der Waals surface area contributed by atoms with Crippen LogP contribution in [-0.4, -0.2) is 36.9 Å². The molecule has 0 N–H and O–H groups in total. The van der Waals surface area contributed by atoms with Gasteiger partial charge in [0.2, 0.25) is 0 Å². The lowest BCUT2D eigenvalue weighted by molar-refractivity contribution is -0.133. The van der Waals surface area contributed by atoms with E-state index in [0.717, 1.165) is 27.3 Å². The van der Waals surface area contributed by atoms with Crippen LogP contribution in [0.5, 0.6) is 0 Å². The third-order valence-electron chi connectivity index (χ3n) is 4.69. The summed E-state index contributed by atoms with van der Waals surface area (Å²) in [5.41, 5.74) is 2.13. The normalized spacial score (nSPS) is 16.6. The summed E-state index contributed by atoms with van der Waals surface area (Å²) in [6.07, 6.45) is 2.55. The van der Waals surface area contributed by atoms with Gasteiger partial charge < -0.3 is 4.90 Å². The minimum absolute atomic E-state index is 0.0503. The largest absolute Gasteiger partial charge is 0.336 e. The van der Waals surface area contributed by atoms with Crippen LogP contribution in [0.1, 0.15) is 17.5 Å². The molecule has 0 radical (unpaired) electrons. The average Bonchev–Trinajstić information content (AvgIpc) is 3.38. The van der Waals surface area contributed by atoms with Crippen molar-refractivity contribution in [2.75, 3.05) is 6.54 Å². The number of likely N-dealkylation sites (tertiary alicyclic amines) is 1. The number of amides is 1. The van der Waals surface area contributed by atoms with E-state index < -0.39 is 16.2 Å². The van der Waals surface area contributed by atoms with Crippen LogP contribution in [0.15, 0.2) is 65.1 Å². The van der Waals surface area contributed by atoms with Crippen LogP contribution in [0, 0.1) is 11.3 Å². The number of pyridine rings is 1. The molecule has 7 nitrogen and oxygen atoms in total. The zero-order chi connectivity index (χ0) is 21.1. The molecule has 3 aromatic rings. The maximum absolute atomic E-state index is 12.7. The maximum atomic E-state index is 12.7. The van der Waals surface area contributed by atoms with E-state index in [2.05, 4.69) is 11.1 Å². The molecule has 1 unspecified atom stereocenters. The molecule has 2 aromatic heterocycles. The van der Waals surface area contributed by atoms with Crippen LogP contribution in [-0.2, 0) is 25.6 Å². The molecule has 1 aromatic carbocycles. The molecular formula is C21H17N3O4S2. The standard InChI is InChI=1S/C21H17N3O4S2/c22-12-15-3-1-4-16(11-15)14-24-10-8-18(21(24)25)28-30(26,27)20-7-6-19(29-20)17-5-2-9-23-13-17/h1-7,9,11,13,18H,8,10,14H2. The van der Waals surface area contributed by atoms with Crippen molar-refractivity contribution in [3.05, 3.63) is 72.1 Å². The second-order valence-corrected chi connectivity index (χ2v) is 9.64. The number of rotatable bonds is 6. The van der Waals surface area contributed by atoms with Crippen molar-refractivity contribution in [1.82, 2.24) is 9.88 Å². The minimum Gasteiger partial charge on any atom is -0.336 e. The number of nitriles is 1. The molecule has 1 atom stereocenters. The number of thiophene rings is 1. The Labute approximate surface area is 178 Å². The molecule has 30 heavy (non-hydrogen) atoms. The van der Waals surface area contributed by atoms with Crippen molar-refractivity contribution in [3.63, 3.8) is 0 Å². The highest BCUT2D eigenvalue weighted by Gasteiger charge is 2.37. The molecule has 0 saturated carbocycles. The summed E-state index contributed by atoms with van der Waals surface area (Å²) in [5, 5.41) is 9.01. The van der Waals surface area contributed by atoms with Gasteiger partial charge in [0.25, 0.3) is 5.91 Å². The van der Waals surface area contributed by atoms with E-state index in [9.17, 15) is 13.2 Å². The molecule has 0 spiro atoms. The fraction of sp³-hybridized carbons (Fsp3) is 0.190. The smallest absolute Gasteiger partial charge is 0.307 e. The number of benzene rings is 1. The van der Waals surface area contributed by atoms with E-state index in [4.69, 9.17) is 9.44 Å². The fourth-order valence-electron chi connectivity index (χ4n) is 3.23. The second-order valence-electron chi connectivity index (χ2n) is 6.76. The third kappa shape index (κ3) is 4.26. The summed E-state index contributed by atoms with van der Waals surface area (Å²) in [6.45, 7) is 0.694. The van der Waals surface area contributed by atoms with Crippen LogP contribution < -0.4 is 0 Å². The summed E-state index contributed by atoms with van der Waals surface area (Å²) in [4.78, 5) is 19.0. The van der Waals surface area contributed by atoms with Crippen LogP contribution >= 0.6 is 11.3 Å². The Kier molecular flexibility index (Phi) is 5.63. The van der Waals surface area contributed by atoms with Crippen LogP contribution in [0.3, 0.4) is 0 Å². The molecule has 152 valence electrons. The van der Waals surface area contributed by atoms with Crippen molar-refractivity contribution in [1.29, 1.82) is 5.26 Å². The van der Waals surface area contributed by atoms with Gasteiger partial charge in [-0.1, -0.05) is 18.2 Å². The van der Waals surface area contributed by atoms with Crippen LogP contribution in [0.2, 0.25) is 0 Å². The Morgan fingerprint density at radius 1 is 1.23 bits per heavy atom. The van der Waals surface area contributed by atoms with Gasteiger partial charge in [-0.2, -0.15) is 13.7 Å². The molecular weight excluding hydrogens is 422 g/mol. The number of hydrogen-bond donors (Lipinski definition) is 0. The Hall–Kier alpha value is -3.06. The lowest BCUT2D eigenvalue weighted by Gasteiger charge is -2.16. The summed E-state index contributed by atoms with van der Waals surface area (Å²) < 4.78 is 30.7. The van der Waals surface area contributed by atoms with Gasteiger partial charge in [0.1, 0.15) is 4.21 Å². The molecule has 1 amide bonds. The molecule has 1 aliphatic heterocycles. The molecule has 4 rings (SSSR count). The zero-order valence-corrected chi connectivity index (χ0v) is 17.4. The third-order valence-corrected chi connectivity index (χ3v) is 7.60. The first kappa shape index (κ1) is 20.2. The predicted molar refractivity (Wildman–Crippen MR) is 111 cm³/mol. The van der Waals surface area contributed by atoms with Crippen molar-refractivity contribution in [3.8, 4) is 16.5 Å². The Morgan fingerprint density at radius 2 is 2.10 bits per heavy atom. The molecule has 0 bridgehead atoms. The van der Waals surface area contributed by atoms with E-state index in [1.54, 1.807) is 47.6 Å². The van der Waals surface area contributed by atoms with E-state index >= 15 is 0 Å². The number of nitrogens with zero attached hydrogens (tertiary/aromatic N) is 3. The van der Waals surface area contributed by atoms with Gasteiger partial charge in [-0.15, -0.1) is 11.3 Å². The highest BCUT2D eigenvalue weighted by atomic mass is 32.3. The first-order chi connectivity index (χ1) is 14.5. The first-order valence-corrected chi connectivity index (χ1v) is 11.4. The minimum atomic E-state index is -4.06. The van der Waals surface area contributed by atoms with Crippen molar-refractivity contribution < 1.29 is 17.4 Å². The van der Waals surface area contributed by atoms with Crippen LogP contribution in [0.25, 0.3) is 10.4 Å². The highest BCUT2D eigenvalue weighted by molar-refractivity contribution is 7.89. The summed E-state index contributed by atoms with van der Waals surface area (Å²) in [7, 11) is -4.06. The second kappa shape index (κ2) is 8.36. The van der Waals surface area contributed by atoms with Gasteiger partial charge in [0.15, 0.2) is 6.10 Å². The van der Waals surface area contributed by atoms with Gasteiger partial charge >= 0.3 is 10.1 Å². The Morgan fingerprint density at radius 3 is 2.87 bits per heavy atom. The average molecular weight is 440 g/mol. The molecule has 3 heterocycles. The molecule has 1 saturated heterocycles. The number of carbonyl (C=O) groups is 1. The SMILES string of the molecule is N#Cc1cccc(CN2CCC(OS(=O)(=O)c3ccc(-c4cccnc4)s3)C2=O)c1. The van der Waals surface area contributed by atoms with Crippen molar-refractivity contribution >= 4 is 27.4 Å². The number of carbonyl (C=O) groups excluding carboxylic acids is 1. The van der Waals surface area contributed by atoms with Gasteiger partial charge in [-0.3, -0.25) is 14.0 Å². The first-order valence-electron chi connectivity index (χ1n) is 9.17. The maximum Gasteiger partial charge on any atom is 0.307 e. The van der Waals surface area contributed by atoms with Gasteiger partial charge in [-0.25, -0.2) is 0 Å². The highest BCUT2D eigenvalue weighted by Crippen LogP contribution is 2.32. The Bertz CT molecular complexity index is 1220. The lowest BCUT2D eigenvalue weighted by atomic mass is 10.1. The fourth-order valence-corrected chi connectivity index (χ4v) is 5.57. The van der Waals surface area contributed by atoms with Gasteiger partial charge in [0, 0.05) is 42.3 Å². The quantitative estimate of drug-likeness (QED) is 0.547. The molecule has 9 heteroatoms. The summed E-state index contributed by atoms with van der Waals surface area (Å²) >= 11 is 1.08. The Balaban J connectivity index is 1.45. The van der Waals surface area contributed by atoms with Gasteiger partial charge in [0.05, 0.1) is 11.6 Å². The molecule has 1 fully saturated rings. The summed E-state index contributed by atoms with van der Waals surface area (Å²) in [6, 6.07) is 15.8. The lowest BCUT2D eigenvalue weighted by Crippen LogP contribution is -2.31. The van der Waals surface area contributed by atoms with E-state index in [1.165, 1.54) is 6.07 Å². The predicted octanol–water partition coefficient (Wildman–Crippen LogP) is 3.19. The number of hydrogen-bond acceptors (Lipinski definition) is 7. The zero-order valence-electron chi connectivity index (χ0n) is 15.8.